The fraction of sp³-hybridized carbons (Fsp3) is 0.778. The van der Waals surface area contributed by atoms with Crippen LogP contribution in [0.5, 0.6) is 0 Å². The van der Waals surface area contributed by atoms with Gasteiger partial charge in [-0.2, -0.15) is 0 Å². The summed E-state index contributed by atoms with van der Waals surface area (Å²) < 4.78 is 10.6. The molecule has 0 aromatic carbocycles. The van der Waals surface area contributed by atoms with Crippen LogP contribution in [0.25, 0.3) is 0 Å². The van der Waals surface area contributed by atoms with E-state index in [1.165, 1.54) is 30.9 Å². The minimum Gasteiger partial charge on any atom is -0.383 e. The summed E-state index contributed by atoms with van der Waals surface area (Å²) in [6.07, 6.45) is 6.48. The average Bonchev–Trinajstić information content (AvgIpc) is 3.07. The fourth-order valence-electron chi connectivity index (χ4n) is 5.91. The van der Waals surface area contributed by atoms with Crippen molar-refractivity contribution in [2.45, 2.75) is 111 Å². The van der Waals surface area contributed by atoms with Crippen molar-refractivity contribution in [2.24, 2.45) is 17.8 Å². The summed E-state index contributed by atoms with van der Waals surface area (Å²) in [5, 5.41) is 8.21. The molecule has 0 aromatic heterocycles. The molecule has 6 amide bonds. The second kappa shape index (κ2) is 23.7. The van der Waals surface area contributed by atoms with E-state index in [9.17, 15) is 28.8 Å². The SMILES string of the molecule is C#CC(=O)N(CCC(=O)NCCOC)CCC(=O)N[C@@H](C)C(=O)N(C)[C@H](C(=O)N[C@H](C(=O)N(C)[C@@H]([C@@H](C)CC)[C@@H](CC)OC)C(C)C)C(C)C. The first kappa shape index (κ1) is 46.3. The molecule has 286 valence electrons. The van der Waals surface area contributed by atoms with E-state index < -0.39 is 41.8 Å². The molecule has 50 heavy (non-hydrogen) atoms. The van der Waals surface area contributed by atoms with Gasteiger partial charge in [-0.15, -0.1) is 6.42 Å². The maximum absolute atomic E-state index is 13.9. The lowest BCUT2D eigenvalue weighted by Gasteiger charge is -2.40. The predicted molar refractivity (Wildman–Crippen MR) is 192 cm³/mol. The molecule has 14 nitrogen and oxygen atoms in total. The van der Waals surface area contributed by atoms with Crippen LogP contribution in [0.4, 0.5) is 0 Å². The zero-order chi connectivity index (χ0) is 38.7. The van der Waals surface area contributed by atoms with Crippen molar-refractivity contribution in [3.05, 3.63) is 0 Å². The van der Waals surface area contributed by atoms with Gasteiger partial charge >= 0.3 is 0 Å². The third kappa shape index (κ3) is 14.6. The number of nitrogens with zero attached hydrogens (tertiary/aromatic N) is 3. The highest BCUT2D eigenvalue weighted by Crippen LogP contribution is 2.23. The Bertz CT molecular complexity index is 1150. The number of hydrogen-bond acceptors (Lipinski definition) is 8. The highest BCUT2D eigenvalue weighted by Gasteiger charge is 2.39. The third-order valence-electron chi connectivity index (χ3n) is 9.01. The summed E-state index contributed by atoms with van der Waals surface area (Å²) in [5.41, 5.74) is 0. The quantitative estimate of drug-likeness (QED) is 0.106. The van der Waals surface area contributed by atoms with Crippen LogP contribution in [-0.2, 0) is 38.2 Å². The topological polar surface area (TPSA) is 167 Å². The normalized spacial score (nSPS) is 14.7. The van der Waals surface area contributed by atoms with Crippen LogP contribution in [0.1, 0.15) is 81.1 Å². The lowest BCUT2D eigenvalue weighted by atomic mass is 9.90. The largest absolute Gasteiger partial charge is 0.383 e. The Kier molecular flexibility index (Phi) is 21.9. The number of likely N-dealkylation sites (N-methyl/N-ethyl adjacent to an activating group) is 2. The van der Waals surface area contributed by atoms with Gasteiger partial charge in [0.15, 0.2) is 0 Å². The molecule has 0 saturated carbocycles. The molecule has 0 bridgehead atoms. The van der Waals surface area contributed by atoms with Crippen LogP contribution in [-0.4, -0.2) is 135 Å². The predicted octanol–water partition coefficient (Wildman–Crippen LogP) is 1.42. The van der Waals surface area contributed by atoms with Gasteiger partial charge in [0.2, 0.25) is 29.5 Å². The number of rotatable bonds is 23. The fourth-order valence-corrected chi connectivity index (χ4v) is 5.91. The van der Waals surface area contributed by atoms with Crippen molar-refractivity contribution in [1.82, 2.24) is 30.7 Å². The second-order valence-corrected chi connectivity index (χ2v) is 13.4. The molecule has 0 rings (SSSR count). The first-order valence-corrected chi connectivity index (χ1v) is 17.6. The van der Waals surface area contributed by atoms with Gasteiger partial charge in [-0.05, 0) is 37.0 Å². The van der Waals surface area contributed by atoms with Crippen LogP contribution in [0.15, 0.2) is 0 Å². The van der Waals surface area contributed by atoms with Crippen molar-refractivity contribution in [2.75, 3.05) is 54.6 Å². The average molecular weight is 709 g/mol. The van der Waals surface area contributed by atoms with Crippen LogP contribution in [0.2, 0.25) is 0 Å². The highest BCUT2D eigenvalue weighted by molar-refractivity contribution is 5.95. The van der Waals surface area contributed by atoms with Crippen LogP contribution in [0.3, 0.4) is 0 Å². The smallest absolute Gasteiger partial charge is 0.298 e. The summed E-state index contributed by atoms with van der Waals surface area (Å²) in [4.78, 5) is 82.5. The van der Waals surface area contributed by atoms with Crippen molar-refractivity contribution in [3.8, 4) is 12.3 Å². The first-order chi connectivity index (χ1) is 23.4. The number of amides is 6. The van der Waals surface area contributed by atoms with Gasteiger partial charge in [0, 0.05) is 60.8 Å². The highest BCUT2D eigenvalue weighted by atomic mass is 16.5. The van der Waals surface area contributed by atoms with E-state index in [-0.39, 0.29) is 67.6 Å². The van der Waals surface area contributed by atoms with E-state index in [4.69, 9.17) is 15.9 Å². The van der Waals surface area contributed by atoms with Crippen LogP contribution in [0, 0.1) is 30.1 Å². The Morgan fingerprint density at radius 2 is 1.36 bits per heavy atom. The molecule has 0 fully saturated rings. The Labute approximate surface area is 300 Å². The molecular formula is C36H64N6O8. The van der Waals surface area contributed by atoms with Gasteiger partial charge in [-0.1, -0.05) is 54.9 Å². The summed E-state index contributed by atoms with van der Waals surface area (Å²) in [6, 6.07) is -2.99. The zero-order valence-corrected chi connectivity index (χ0v) is 32.5. The summed E-state index contributed by atoms with van der Waals surface area (Å²) >= 11 is 0. The van der Waals surface area contributed by atoms with E-state index in [1.54, 1.807) is 32.9 Å². The molecule has 0 unspecified atom stereocenters. The van der Waals surface area contributed by atoms with Gasteiger partial charge in [0.25, 0.3) is 5.91 Å². The van der Waals surface area contributed by atoms with Crippen LogP contribution < -0.4 is 16.0 Å². The lowest BCUT2D eigenvalue weighted by Crippen LogP contribution is -2.61. The van der Waals surface area contributed by atoms with E-state index >= 15 is 0 Å². The van der Waals surface area contributed by atoms with Crippen molar-refractivity contribution < 1.29 is 38.2 Å². The molecule has 0 heterocycles. The Balaban J connectivity index is 5.67. The molecular weight excluding hydrogens is 644 g/mol. The maximum atomic E-state index is 13.9. The third-order valence-corrected chi connectivity index (χ3v) is 9.01. The standard InChI is InChI=1S/C36H64N6O8/c1-14-25(8)33(27(15-2)50-13)41(11)36(48)31(23(4)5)39-34(46)32(24(6)7)40(10)35(47)26(9)38-29(44)18-21-42(30(45)16-3)20-17-28(43)37-19-22-49-12/h3,23-27,31-33H,14-15,17-22H2,1-2,4-13H3,(H,37,43)(H,38,44)(H,39,46)/t25-,26-,27+,31-,32-,33-/m0/s1. The van der Waals surface area contributed by atoms with Gasteiger partial charge in [0.05, 0.1) is 18.8 Å². The summed E-state index contributed by atoms with van der Waals surface area (Å²) in [6.45, 7) is 15.6. The van der Waals surface area contributed by atoms with Gasteiger partial charge in [-0.25, -0.2) is 0 Å². The second-order valence-electron chi connectivity index (χ2n) is 13.4. The molecule has 3 N–H and O–H groups in total. The molecule has 0 aliphatic carbocycles. The van der Waals surface area contributed by atoms with E-state index in [1.807, 2.05) is 26.7 Å². The van der Waals surface area contributed by atoms with Crippen molar-refractivity contribution in [1.29, 1.82) is 0 Å². The molecule has 0 aliphatic heterocycles. The van der Waals surface area contributed by atoms with Crippen LogP contribution >= 0.6 is 0 Å². The number of carbonyl (C=O) groups is 6. The minimum absolute atomic E-state index is 0.0110. The van der Waals surface area contributed by atoms with Gasteiger partial charge < -0.3 is 40.1 Å². The van der Waals surface area contributed by atoms with Gasteiger partial charge in [-0.3, -0.25) is 28.8 Å². The number of carbonyl (C=O) groups excluding carboxylic acids is 6. The van der Waals surface area contributed by atoms with Crippen molar-refractivity contribution >= 4 is 35.4 Å². The monoisotopic (exact) mass is 708 g/mol. The first-order valence-electron chi connectivity index (χ1n) is 17.6. The van der Waals surface area contributed by atoms with Gasteiger partial charge in [0.1, 0.15) is 18.1 Å². The Morgan fingerprint density at radius 1 is 0.780 bits per heavy atom. The number of nitrogens with one attached hydrogen (secondary N) is 3. The number of terminal acetylenes is 1. The van der Waals surface area contributed by atoms with Crippen molar-refractivity contribution in [3.63, 3.8) is 0 Å². The molecule has 0 spiro atoms. The number of ether oxygens (including phenoxy) is 2. The van der Waals surface area contributed by atoms with E-state index in [0.29, 0.717) is 19.6 Å². The lowest BCUT2D eigenvalue weighted by molar-refractivity contribution is -0.146. The summed E-state index contributed by atoms with van der Waals surface area (Å²) in [7, 11) is 6.38. The summed E-state index contributed by atoms with van der Waals surface area (Å²) in [5.74, 6) is -1.13. The van der Waals surface area contributed by atoms with E-state index in [2.05, 4.69) is 29.8 Å². The Hall–Kier alpha value is -3.70. The molecule has 6 atom stereocenters. The zero-order valence-electron chi connectivity index (χ0n) is 32.5. The number of methoxy groups -OCH3 is 2. The maximum Gasteiger partial charge on any atom is 0.298 e. The molecule has 14 heteroatoms. The number of hydrogen-bond donors (Lipinski definition) is 3. The molecule has 0 aromatic rings. The molecule has 0 radical (unpaired) electrons. The molecule has 0 aliphatic rings. The van der Waals surface area contributed by atoms with E-state index in [0.717, 1.165) is 6.42 Å². The molecule has 0 saturated heterocycles. The Morgan fingerprint density at radius 3 is 1.82 bits per heavy atom. The minimum atomic E-state index is -1.00.